The maximum atomic E-state index is 9.73. The van der Waals surface area contributed by atoms with Gasteiger partial charge < -0.3 is 5.11 Å². The van der Waals surface area contributed by atoms with Crippen molar-refractivity contribution >= 4 is 12.6 Å². The second kappa shape index (κ2) is 2.83. The van der Waals surface area contributed by atoms with E-state index >= 15 is 0 Å². The summed E-state index contributed by atoms with van der Waals surface area (Å²) >= 11 is 4.29. The number of allylic oxidation sites excluding steroid dienone is 1. The lowest BCUT2D eigenvalue weighted by Crippen LogP contribution is -2.31. The van der Waals surface area contributed by atoms with Gasteiger partial charge in [-0.2, -0.15) is 0 Å². The number of aliphatic hydroxyl groups is 1. The highest BCUT2D eigenvalue weighted by Gasteiger charge is 2.33. The van der Waals surface area contributed by atoms with Crippen LogP contribution in [-0.4, -0.2) is 10.7 Å². The largest absolute Gasteiger partial charge is 0.390 e. The van der Waals surface area contributed by atoms with Crippen LogP contribution in [0.3, 0.4) is 0 Å². The number of thiol groups is 1. The summed E-state index contributed by atoms with van der Waals surface area (Å²) in [6.07, 6.45) is 3.09. The van der Waals surface area contributed by atoms with Gasteiger partial charge in [-0.05, 0) is 31.1 Å². The molecule has 1 aliphatic carbocycles. The smallest absolute Gasteiger partial charge is 0.0657 e. The summed E-state index contributed by atoms with van der Waals surface area (Å²) in [7, 11) is 0. The standard InChI is InChI=1S/C9H16OS/c1-6-4-7(11)5-8(6)9(2,3)10/h5-6,8,10-11H,4H2,1-3H3. The van der Waals surface area contributed by atoms with Gasteiger partial charge in [0.2, 0.25) is 0 Å². The predicted octanol–water partition coefficient (Wildman–Crippen LogP) is 2.23. The SMILES string of the molecule is CC1CC(S)=CC1C(C)(C)O. The van der Waals surface area contributed by atoms with Crippen molar-refractivity contribution in [3.05, 3.63) is 11.0 Å². The molecule has 0 aliphatic heterocycles. The summed E-state index contributed by atoms with van der Waals surface area (Å²) in [6.45, 7) is 5.87. The van der Waals surface area contributed by atoms with E-state index in [2.05, 4.69) is 25.6 Å². The topological polar surface area (TPSA) is 20.2 Å². The summed E-state index contributed by atoms with van der Waals surface area (Å²) in [5.74, 6) is 0.803. The van der Waals surface area contributed by atoms with E-state index in [-0.39, 0.29) is 5.92 Å². The molecule has 0 saturated heterocycles. The van der Waals surface area contributed by atoms with Gasteiger partial charge in [0, 0.05) is 5.92 Å². The third kappa shape index (κ3) is 2.00. The van der Waals surface area contributed by atoms with E-state index in [4.69, 9.17) is 0 Å². The van der Waals surface area contributed by atoms with Gasteiger partial charge in [0.15, 0.2) is 0 Å². The molecule has 0 aromatic carbocycles. The first-order valence-electron chi connectivity index (χ1n) is 4.03. The Balaban J connectivity index is 2.74. The summed E-state index contributed by atoms with van der Waals surface area (Å²) in [6, 6.07) is 0. The molecule has 2 heteroatoms. The van der Waals surface area contributed by atoms with Crippen LogP contribution in [0.1, 0.15) is 27.2 Å². The van der Waals surface area contributed by atoms with Crippen molar-refractivity contribution in [2.45, 2.75) is 32.8 Å². The molecule has 2 atom stereocenters. The van der Waals surface area contributed by atoms with Gasteiger partial charge in [0.1, 0.15) is 0 Å². The summed E-state index contributed by atoms with van der Waals surface area (Å²) in [5, 5.41) is 9.73. The maximum absolute atomic E-state index is 9.73. The summed E-state index contributed by atoms with van der Waals surface area (Å²) in [4.78, 5) is 1.12. The molecule has 0 bridgehead atoms. The third-order valence-corrected chi connectivity index (χ3v) is 2.66. The molecule has 0 fully saturated rings. The quantitative estimate of drug-likeness (QED) is 0.581. The Hall–Kier alpha value is 0.0500. The fourth-order valence-electron chi connectivity index (χ4n) is 1.80. The molecule has 0 spiro atoms. The molecule has 1 N–H and O–H groups in total. The zero-order valence-corrected chi connectivity index (χ0v) is 8.23. The van der Waals surface area contributed by atoms with Crippen molar-refractivity contribution in [1.82, 2.24) is 0 Å². The van der Waals surface area contributed by atoms with Crippen molar-refractivity contribution < 1.29 is 5.11 Å². The zero-order chi connectivity index (χ0) is 8.65. The van der Waals surface area contributed by atoms with Crippen LogP contribution in [0.5, 0.6) is 0 Å². The van der Waals surface area contributed by atoms with Gasteiger partial charge >= 0.3 is 0 Å². The Bertz CT molecular complexity index is 178. The van der Waals surface area contributed by atoms with Gasteiger partial charge in [-0.15, -0.1) is 12.6 Å². The Kier molecular flexibility index (Phi) is 2.35. The van der Waals surface area contributed by atoms with E-state index in [9.17, 15) is 5.11 Å². The van der Waals surface area contributed by atoms with Crippen molar-refractivity contribution in [2.75, 3.05) is 0 Å². The molecule has 0 amide bonds. The van der Waals surface area contributed by atoms with Crippen LogP contribution in [0, 0.1) is 11.8 Å². The highest BCUT2D eigenvalue weighted by atomic mass is 32.1. The van der Waals surface area contributed by atoms with E-state index in [1.54, 1.807) is 0 Å². The average Bonchev–Trinajstić information content (AvgIpc) is 2.08. The highest BCUT2D eigenvalue weighted by molar-refractivity contribution is 7.84. The van der Waals surface area contributed by atoms with Crippen molar-refractivity contribution in [1.29, 1.82) is 0 Å². The van der Waals surface area contributed by atoms with Crippen LogP contribution in [-0.2, 0) is 0 Å². The lowest BCUT2D eigenvalue weighted by atomic mass is 9.84. The second-order valence-electron chi connectivity index (χ2n) is 4.02. The molecule has 1 nitrogen and oxygen atoms in total. The fourth-order valence-corrected chi connectivity index (χ4v) is 2.25. The predicted molar refractivity (Wildman–Crippen MR) is 50.6 cm³/mol. The van der Waals surface area contributed by atoms with Gasteiger partial charge in [-0.3, -0.25) is 0 Å². The van der Waals surface area contributed by atoms with E-state index in [1.165, 1.54) is 0 Å². The highest BCUT2D eigenvalue weighted by Crippen LogP contribution is 2.38. The first-order chi connectivity index (χ1) is 4.91. The van der Waals surface area contributed by atoms with Gasteiger partial charge in [-0.1, -0.05) is 13.0 Å². The van der Waals surface area contributed by atoms with Gasteiger partial charge in [0.05, 0.1) is 5.60 Å². The molecule has 0 heterocycles. The molecule has 0 saturated carbocycles. The van der Waals surface area contributed by atoms with Crippen LogP contribution in [0.2, 0.25) is 0 Å². The first-order valence-corrected chi connectivity index (χ1v) is 4.48. The Morgan fingerprint density at radius 2 is 2.18 bits per heavy atom. The van der Waals surface area contributed by atoms with E-state index in [1.807, 2.05) is 13.8 Å². The minimum absolute atomic E-state index is 0.273. The van der Waals surface area contributed by atoms with Gasteiger partial charge in [-0.25, -0.2) is 0 Å². The molecule has 0 radical (unpaired) electrons. The molecule has 1 rings (SSSR count). The van der Waals surface area contributed by atoms with Crippen molar-refractivity contribution in [3.8, 4) is 0 Å². The lowest BCUT2D eigenvalue weighted by Gasteiger charge is -2.27. The minimum Gasteiger partial charge on any atom is -0.390 e. The molecule has 1 aliphatic rings. The Morgan fingerprint density at radius 1 is 1.64 bits per heavy atom. The first kappa shape index (κ1) is 9.14. The minimum atomic E-state index is -0.593. The number of hydrogen-bond donors (Lipinski definition) is 2. The van der Waals surface area contributed by atoms with Crippen LogP contribution in [0.25, 0.3) is 0 Å². The lowest BCUT2D eigenvalue weighted by molar-refractivity contribution is 0.0204. The summed E-state index contributed by atoms with van der Waals surface area (Å²) < 4.78 is 0. The molecule has 0 aromatic heterocycles. The molecule has 64 valence electrons. The third-order valence-electron chi connectivity index (χ3n) is 2.33. The van der Waals surface area contributed by atoms with Crippen molar-refractivity contribution in [3.63, 3.8) is 0 Å². The normalized spacial score (nSPS) is 32.3. The molecular weight excluding hydrogens is 156 g/mol. The average molecular weight is 172 g/mol. The number of hydrogen-bond acceptors (Lipinski definition) is 2. The van der Waals surface area contributed by atoms with Crippen LogP contribution in [0.4, 0.5) is 0 Å². The second-order valence-corrected chi connectivity index (χ2v) is 4.59. The number of rotatable bonds is 1. The summed E-state index contributed by atoms with van der Waals surface area (Å²) in [5.41, 5.74) is -0.593. The van der Waals surface area contributed by atoms with E-state index in [0.717, 1.165) is 11.3 Å². The van der Waals surface area contributed by atoms with Crippen molar-refractivity contribution in [2.24, 2.45) is 11.8 Å². The van der Waals surface area contributed by atoms with E-state index < -0.39 is 5.60 Å². The van der Waals surface area contributed by atoms with Crippen LogP contribution < -0.4 is 0 Å². The van der Waals surface area contributed by atoms with Gasteiger partial charge in [0.25, 0.3) is 0 Å². The molecular formula is C9H16OS. The molecule has 0 aromatic rings. The molecule has 2 unspecified atom stereocenters. The zero-order valence-electron chi connectivity index (χ0n) is 7.33. The maximum Gasteiger partial charge on any atom is 0.0657 e. The van der Waals surface area contributed by atoms with Crippen LogP contribution >= 0.6 is 12.6 Å². The Labute approximate surface area is 73.9 Å². The van der Waals surface area contributed by atoms with Crippen LogP contribution in [0.15, 0.2) is 11.0 Å². The Morgan fingerprint density at radius 3 is 2.36 bits per heavy atom. The fraction of sp³-hybridized carbons (Fsp3) is 0.778. The molecule has 11 heavy (non-hydrogen) atoms. The monoisotopic (exact) mass is 172 g/mol. The van der Waals surface area contributed by atoms with E-state index in [0.29, 0.717) is 5.92 Å².